The van der Waals surface area contributed by atoms with E-state index in [9.17, 15) is 9.59 Å². The molecule has 1 aromatic carbocycles. The molecule has 1 aromatic rings. The van der Waals surface area contributed by atoms with Crippen molar-refractivity contribution < 1.29 is 14.3 Å². The van der Waals surface area contributed by atoms with Crippen LogP contribution in [0.3, 0.4) is 0 Å². The second kappa shape index (κ2) is 6.59. The fourth-order valence-corrected chi connectivity index (χ4v) is 3.20. The van der Waals surface area contributed by atoms with Gasteiger partial charge < -0.3 is 9.64 Å². The summed E-state index contributed by atoms with van der Waals surface area (Å²) in [5.41, 5.74) is 0.473. The fourth-order valence-electron chi connectivity index (χ4n) is 2.34. The summed E-state index contributed by atoms with van der Waals surface area (Å²) < 4.78 is 5.76. The van der Waals surface area contributed by atoms with Crippen molar-refractivity contribution in [3.63, 3.8) is 0 Å². The fraction of sp³-hybridized carbons (Fsp3) is 0.429. The third-order valence-electron chi connectivity index (χ3n) is 3.18. The molecule has 0 aliphatic carbocycles. The molecule has 0 spiro atoms. The molecule has 108 valence electrons. The predicted octanol–water partition coefficient (Wildman–Crippen LogP) is 3.27. The number of amides is 1. The standard InChI is InChI=1S/C14H15BrClNO3/c1-2-20-14(19)12-4-3-5-17(12)13(18)9-6-10(15)8-11(16)7-9/h6-8,12H,2-5H2,1H3. The van der Waals surface area contributed by atoms with Crippen molar-refractivity contribution >= 4 is 39.4 Å². The molecule has 0 N–H and O–H groups in total. The first-order valence-corrected chi connectivity index (χ1v) is 7.63. The average molecular weight is 361 g/mol. The van der Waals surface area contributed by atoms with Gasteiger partial charge in [0.1, 0.15) is 6.04 Å². The Morgan fingerprint density at radius 1 is 1.45 bits per heavy atom. The molecule has 0 saturated carbocycles. The number of halogens is 2. The number of ether oxygens (including phenoxy) is 1. The summed E-state index contributed by atoms with van der Waals surface area (Å²) in [5, 5.41) is 0.481. The smallest absolute Gasteiger partial charge is 0.328 e. The SMILES string of the molecule is CCOC(=O)C1CCCN1C(=O)c1cc(Cl)cc(Br)c1. The van der Waals surface area contributed by atoms with E-state index in [2.05, 4.69) is 15.9 Å². The number of benzene rings is 1. The summed E-state index contributed by atoms with van der Waals surface area (Å²) in [5.74, 6) is -0.525. The quantitative estimate of drug-likeness (QED) is 0.777. The Bertz CT molecular complexity index is 515. The Morgan fingerprint density at radius 3 is 2.85 bits per heavy atom. The minimum absolute atomic E-state index is 0.191. The second-order valence-corrected chi connectivity index (χ2v) is 5.92. The van der Waals surface area contributed by atoms with Gasteiger partial charge in [0.05, 0.1) is 6.61 Å². The van der Waals surface area contributed by atoms with Crippen molar-refractivity contribution in [1.82, 2.24) is 4.90 Å². The molecule has 1 amide bonds. The summed E-state index contributed by atoms with van der Waals surface area (Å²) in [6, 6.07) is 4.54. The Labute approximate surface area is 131 Å². The van der Waals surface area contributed by atoms with Gasteiger partial charge >= 0.3 is 5.97 Å². The third-order valence-corrected chi connectivity index (χ3v) is 3.86. The third kappa shape index (κ3) is 3.33. The van der Waals surface area contributed by atoms with Crippen molar-refractivity contribution in [2.45, 2.75) is 25.8 Å². The lowest BCUT2D eigenvalue weighted by Crippen LogP contribution is -2.41. The van der Waals surface area contributed by atoms with Crippen LogP contribution < -0.4 is 0 Å². The monoisotopic (exact) mass is 359 g/mol. The van der Waals surface area contributed by atoms with Crippen LogP contribution in [0.2, 0.25) is 5.02 Å². The van der Waals surface area contributed by atoms with Gasteiger partial charge in [-0.15, -0.1) is 0 Å². The molecule has 1 heterocycles. The molecule has 1 unspecified atom stereocenters. The van der Waals surface area contributed by atoms with Gasteiger partial charge in [-0.3, -0.25) is 4.79 Å². The number of hydrogen-bond donors (Lipinski definition) is 0. The summed E-state index contributed by atoms with van der Waals surface area (Å²) in [6.45, 7) is 2.64. The Morgan fingerprint density at radius 2 is 2.20 bits per heavy atom. The van der Waals surface area contributed by atoms with Crippen molar-refractivity contribution in [3.8, 4) is 0 Å². The van der Waals surface area contributed by atoms with Gasteiger partial charge in [-0.05, 0) is 38.0 Å². The topological polar surface area (TPSA) is 46.6 Å². The summed E-state index contributed by atoms with van der Waals surface area (Å²) in [6.07, 6.45) is 1.45. The molecule has 20 heavy (non-hydrogen) atoms. The number of carbonyl (C=O) groups is 2. The normalized spacial score (nSPS) is 18.1. The molecular weight excluding hydrogens is 346 g/mol. The van der Waals surface area contributed by atoms with E-state index in [-0.39, 0.29) is 11.9 Å². The van der Waals surface area contributed by atoms with E-state index in [0.29, 0.717) is 30.2 Å². The molecule has 1 saturated heterocycles. The van der Waals surface area contributed by atoms with Crippen LogP contribution in [0.1, 0.15) is 30.1 Å². The Kier molecular flexibility index (Phi) is 5.05. The van der Waals surface area contributed by atoms with Gasteiger partial charge in [0.2, 0.25) is 0 Å². The number of carbonyl (C=O) groups excluding carboxylic acids is 2. The minimum atomic E-state index is -0.486. The van der Waals surface area contributed by atoms with E-state index in [1.54, 1.807) is 30.0 Å². The lowest BCUT2D eigenvalue weighted by atomic mass is 10.1. The van der Waals surface area contributed by atoms with E-state index in [1.807, 2.05) is 0 Å². The Balaban J connectivity index is 2.21. The van der Waals surface area contributed by atoms with Crippen LogP contribution in [0.15, 0.2) is 22.7 Å². The predicted molar refractivity (Wildman–Crippen MR) is 79.8 cm³/mol. The maximum atomic E-state index is 12.5. The summed E-state index contributed by atoms with van der Waals surface area (Å²) in [4.78, 5) is 25.9. The maximum Gasteiger partial charge on any atom is 0.328 e. The first kappa shape index (κ1) is 15.3. The first-order valence-electron chi connectivity index (χ1n) is 6.46. The van der Waals surface area contributed by atoms with Crippen molar-refractivity contribution in [2.75, 3.05) is 13.2 Å². The van der Waals surface area contributed by atoms with E-state index in [4.69, 9.17) is 16.3 Å². The molecule has 1 aliphatic rings. The Hall–Kier alpha value is -1.07. The van der Waals surface area contributed by atoms with E-state index < -0.39 is 6.04 Å². The molecule has 4 nitrogen and oxygen atoms in total. The molecule has 1 fully saturated rings. The highest BCUT2D eigenvalue weighted by Gasteiger charge is 2.35. The highest BCUT2D eigenvalue weighted by molar-refractivity contribution is 9.10. The number of rotatable bonds is 3. The van der Waals surface area contributed by atoms with Crippen molar-refractivity contribution in [2.24, 2.45) is 0 Å². The number of hydrogen-bond acceptors (Lipinski definition) is 3. The highest BCUT2D eigenvalue weighted by atomic mass is 79.9. The van der Waals surface area contributed by atoms with Gasteiger partial charge in [0.25, 0.3) is 5.91 Å². The first-order chi connectivity index (χ1) is 9.52. The number of likely N-dealkylation sites (tertiary alicyclic amines) is 1. The van der Waals surface area contributed by atoms with Gasteiger partial charge in [-0.25, -0.2) is 4.79 Å². The van der Waals surface area contributed by atoms with Crippen LogP contribution >= 0.6 is 27.5 Å². The molecule has 0 bridgehead atoms. The van der Waals surface area contributed by atoms with Crippen LogP contribution in [0.5, 0.6) is 0 Å². The molecule has 0 radical (unpaired) electrons. The van der Waals surface area contributed by atoms with Crippen LogP contribution in [0.4, 0.5) is 0 Å². The molecule has 6 heteroatoms. The number of esters is 1. The van der Waals surface area contributed by atoms with E-state index in [0.717, 1.165) is 10.9 Å². The molecule has 1 atom stereocenters. The second-order valence-electron chi connectivity index (χ2n) is 4.57. The summed E-state index contributed by atoms with van der Waals surface area (Å²) in [7, 11) is 0. The lowest BCUT2D eigenvalue weighted by molar-refractivity contribution is -0.147. The summed E-state index contributed by atoms with van der Waals surface area (Å²) >= 11 is 9.27. The number of nitrogens with zero attached hydrogens (tertiary/aromatic N) is 1. The average Bonchev–Trinajstić information content (AvgIpc) is 2.86. The van der Waals surface area contributed by atoms with Crippen LogP contribution in [-0.2, 0) is 9.53 Å². The zero-order valence-corrected chi connectivity index (χ0v) is 13.4. The van der Waals surface area contributed by atoms with Gasteiger partial charge in [-0.1, -0.05) is 27.5 Å². The molecule has 1 aliphatic heterocycles. The van der Waals surface area contributed by atoms with Gasteiger partial charge in [-0.2, -0.15) is 0 Å². The maximum absolute atomic E-state index is 12.5. The van der Waals surface area contributed by atoms with Crippen molar-refractivity contribution in [1.29, 1.82) is 0 Å². The van der Waals surface area contributed by atoms with Crippen LogP contribution in [0, 0.1) is 0 Å². The van der Waals surface area contributed by atoms with E-state index >= 15 is 0 Å². The minimum Gasteiger partial charge on any atom is -0.464 e. The van der Waals surface area contributed by atoms with E-state index in [1.165, 1.54) is 0 Å². The van der Waals surface area contributed by atoms with Crippen LogP contribution in [-0.4, -0.2) is 36.0 Å². The van der Waals surface area contributed by atoms with Crippen molar-refractivity contribution in [3.05, 3.63) is 33.3 Å². The highest BCUT2D eigenvalue weighted by Crippen LogP contribution is 2.25. The lowest BCUT2D eigenvalue weighted by Gasteiger charge is -2.23. The molecule has 0 aromatic heterocycles. The molecule has 2 rings (SSSR count). The van der Waals surface area contributed by atoms with Gasteiger partial charge in [0, 0.05) is 21.6 Å². The van der Waals surface area contributed by atoms with Crippen LogP contribution in [0.25, 0.3) is 0 Å². The molecular formula is C14H15BrClNO3. The van der Waals surface area contributed by atoms with Gasteiger partial charge in [0.15, 0.2) is 0 Å². The zero-order valence-electron chi connectivity index (χ0n) is 11.1. The zero-order chi connectivity index (χ0) is 14.7. The largest absolute Gasteiger partial charge is 0.464 e.